The zero-order valence-electron chi connectivity index (χ0n) is 11.8. The van der Waals surface area contributed by atoms with Gasteiger partial charge in [0, 0.05) is 17.6 Å². The molecule has 0 bridgehead atoms. The van der Waals surface area contributed by atoms with E-state index in [1.54, 1.807) is 0 Å². The normalized spacial score (nSPS) is 21.5. The Morgan fingerprint density at radius 2 is 1.75 bits per heavy atom. The second-order valence-corrected chi connectivity index (χ2v) is 6.16. The van der Waals surface area contributed by atoms with Crippen molar-refractivity contribution >= 4 is 11.6 Å². The molecule has 0 unspecified atom stereocenters. The Hall–Kier alpha value is -1.31. The highest BCUT2D eigenvalue weighted by atomic mass is 35.5. The summed E-state index contributed by atoms with van der Waals surface area (Å²) in [6.45, 7) is 3.15. The van der Waals surface area contributed by atoms with E-state index in [0.29, 0.717) is 12.0 Å². The average molecular weight is 286 g/mol. The van der Waals surface area contributed by atoms with Crippen molar-refractivity contribution in [3.63, 3.8) is 0 Å². The van der Waals surface area contributed by atoms with E-state index in [9.17, 15) is 0 Å². The third kappa shape index (κ3) is 3.05. The maximum absolute atomic E-state index is 5.93. The van der Waals surface area contributed by atoms with Gasteiger partial charge in [-0.1, -0.05) is 48.0 Å². The van der Waals surface area contributed by atoms with Crippen LogP contribution in [0.4, 0.5) is 0 Å². The molecule has 1 nitrogen and oxygen atoms in total. The fourth-order valence-corrected chi connectivity index (χ4v) is 2.98. The monoisotopic (exact) mass is 285 g/mol. The van der Waals surface area contributed by atoms with Crippen molar-refractivity contribution in [1.29, 1.82) is 0 Å². The Balaban J connectivity index is 1.49. The van der Waals surface area contributed by atoms with Crippen LogP contribution in [-0.2, 0) is 6.54 Å². The van der Waals surface area contributed by atoms with Gasteiger partial charge in [-0.05, 0) is 54.5 Å². The predicted octanol–water partition coefficient (Wildman–Crippen LogP) is 4.68. The number of benzene rings is 2. The minimum atomic E-state index is 0.648. The Kier molecular flexibility index (Phi) is 4.09. The fourth-order valence-electron chi connectivity index (χ4n) is 2.85. The number of nitrogens with one attached hydrogen (secondary N) is 1. The first-order valence-corrected chi connectivity index (χ1v) is 7.63. The van der Waals surface area contributed by atoms with Gasteiger partial charge in [-0.15, -0.1) is 0 Å². The van der Waals surface area contributed by atoms with E-state index in [2.05, 4.69) is 48.6 Å². The summed E-state index contributed by atoms with van der Waals surface area (Å²) < 4.78 is 0. The highest BCUT2D eigenvalue weighted by molar-refractivity contribution is 6.30. The zero-order valence-corrected chi connectivity index (χ0v) is 12.5. The largest absolute Gasteiger partial charge is 0.310 e. The average Bonchev–Trinajstić information content (AvgIpc) is 2.41. The molecule has 104 valence electrons. The van der Waals surface area contributed by atoms with Gasteiger partial charge in [0.15, 0.2) is 0 Å². The first-order valence-electron chi connectivity index (χ1n) is 7.26. The van der Waals surface area contributed by atoms with Gasteiger partial charge in [0.25, 0.3) is 0 Å². The molecule has 3 rings (SSSR count). The molecule has 1 N–H and O–H groups in total. The van der Waals surface area contributed by atoms with Crippen molar-refractivity contribution in [3.05, 3.63) is 70.2 Å². The summed E-state index contributed by atoms with van der Waals surface area (Å²) in [5.74, 6) is 0.696. The SMILES string of the molecule is Cc1ccccc1CNC1CC(c2ccc(Cl)cc2)C1. The van der Waals surface area contributed by atoms with Crippen LogP contribution in [0, 0.1) is 6.92 Å². The molecule has 1 aliphatic carbocycles. The van der Waals surface area contributed by atoms with E-state index in [1.807, 2.05) is 12.1 Å². The molecule has 2 aromatic carbocycles. The van der Waals surface area contributed by atoms with Gasteiger partial charge in [-0.25, -0.2) is 0 Å². The summed E-state index contributed by atoms with van der Waals surface area (Å²) in [4.78, 5) is 0. The van der Waals surface area contributed by atoms with Crippen molar-refractivity contribution in [3.8, 4) is 0 Å². The standard InChI is InChI=1S/C18H20ClN/c1-13-4-2-3-5-15(13)12-20-18-10-16(11-18)14-6-8-17(19)9-7-14/h2-9,16,18,20H,10-12H2,1H3. The van der Waals surface area contributed by atoms with Gasteiger partial charge in [0.05, 0.1) is 0 Å². The van der Waals surface area contributed by atoms with E-state index in [4.69, 9.17) is 11.6 Å². The van der Waals surface area contributed by atoms with Crippen LogP contribution >= 0.6 is 11.6 Å². The second kappa shape index (κ2) is 5.99. The molecular formula is C18H20ClN. The second-order valence-electron chi connectivity index (χ2n) is 5.72. The predicted molar refractivity (Wildman–Crippen MR) is 85.2 cm³/mol. The maximum atomic E-state index is 5.93. The Morgan fingerprint density at radius 3 is 2.45 bits per heavy atom. The number of hydrogen-bond donors (Lipinski definition) is 1. The lowest BCUT2D eigenvalue weighted by Crippen LogP contribution is -2.39. The van der Waals surface area contributed by atoms with E-state index in [-0.39, 0.29) is 0 Å². The molecule has 0 radical (unpaired) electrons. The quantitative estimate of drug-likeness (QED) is 0.860. The molecular weight excluding hydrogens is 266 g/mol. The highest BCUT2D eigenvalue weighted by Crippen LogP contribution is 2.37. The highest BCUT2D eigenvalue weighted by Gasteiger charge is 2.29. The van der Waals surface area contributed by atoms with Crippen LogP contribution in [0.15, 0.2) is 48.5 Å². The van der Waals surface area contributed by atoms with Crippen LogP contribution in [0.2, 0.25) is 5.02 Å². The number of rotatable bonds is 4. The first-order chi connectivity index (χ1) is 9.72. The van der Waals surface area contributed by atoms with Crippen molar-refractivity contribution < 1.29 is 0 Å². The van der Waals surface area contributed by atoms with Gasteiger partial charge >= 0.3 is 0 Å². The summed E-state index contributed by atoms with van der Waals surface area (Å²) in [5, 5.41) is 4.48. The van der Waals surface area contributed by atoms with Gasteiger partial charge in [0.1, 0.15) is 0 Å². The van der Waals surface area contributed by atoms with Crippen molar-refractivity contribution in [2.45, 2.75) is 38.3 Å². The minimum absolute atomic E-state index is 0.648. The molecule has 0 amide bonds. The van der Waals surface area contributed by atoms with Crippen molar-refractivity contribution in [2.24, 2.45) is 0 Å². The molecule has 0 heterocycles. The molecule has 0 atom stereocenters. The third-order valence-electron chi connectivity index (χ3n) is 4.32. The minimum Gasteiger partial charge on any atom is -0.310 e. The van der Waals surface area contributed by atoms with Crippen LogP contribution in [0.1, 0.15) is 35.4 Å². The lowest BCUT2D eigenvalue weighted by atomic mass is 9.76. The molecule has 0 saturated heterocycles. The molecule has 1 fully saturated rings. The van der Waals surface area contributed by atoms with E-state index in [0.717, 1.165) is 11.6 Å². The first kappa shape index (κ1) is 13.7. The zero-order chi connectivity index (χ0) is 13.9. The van der Waals surface area contributed by atoms with Gasteiger partial charge < -0.3 is 5.32 Å². The lowest BCUT2D eigenvalue weighted by molar-refractivity contribution is 0.289. The molecule has 2 aromatic rings. The summed E-state index contributed by atoms with van der Waals surface area (Å²) in [6, 6.07) is 17.5. The van der Waals surface area contributed by atoms with Gasteiger partial charge in [-0.2, -0.15) is 0 Å². The van der Waals surface area contributed by atoms with Crippen LogP contribution in [0.5, 0.6) is 0 Å². The summed E-state index contributed by atoms with van der Waals surface area (Å²) >= 11 is 5.93. The van der Waals surface area contributed by atoms with Crippen molar-refractivity contribution in [1.82, 2.24) is 5.32 Å². The third-order valence-corrected chi connectivity index (χ3v) is 4.57. The van der Waals surface area contributed by atoms with Crippen LogP contribution < -0.4 is 5.32 Å². The molecule has 2 heteroatoms. The number of aryl methyl sites for hydroxylation is 1. The summed E-state index contributed by atoms with van der Waals surface area (Å²) in [7, 11) is 0. The Bertz CT molecular complexity index is 570. The van der Waals surface area contributed by atoms with Gasteiger partial charge in [-0.3, -0.25) is 0 Å². The van der Waals surface area contributed by atoms with Crippen LogP contribution in [0.25, 0.3) is 0 Å². The number of halogens is 1. The van der Waals surface area contributed by atoms with Crippen LogP contribution in [-0.4, -0.2) is 6.04 Å². The molecule has 0 aliphatic heterocycles. The van der Waals surface area contributed by atoms with E-state index >= 15 is 0 Å². The molecule has 20 heavy (non-hydrogen) atoms. The molecule has 0 spiro atoms. The molecule has 0 aromatic heterocycles. The maximum Gasteiger partial charge on any atom is 0.0406 e. The van der Waals surface area contributed by atoms with E-state index in [1.165, 1.54) is 29.5 Å². The molecule has 1 saturated carbocycles. The smallest absolute Gasteiger partial charge is 0.0406 e. The molecule has 1 aliphatic rings. The number of hydrogen-bond acceptors (Lipinski definition) is 1. The fraction of sp³-hybridized carbons (Fsp3) is 0.333. The van der Waals surface area contributed by atoms with Gasteiger partial charge in [0.2, 0.25) is 0 Å². The van der Waals surface area contributed by atoms with Crippen molar-refractivity contribution in [2.75, 3.05) is 0 Å². The lowest BCUT2D eigenvalue weighted by Gasteiger charge is -2.36. The van der Waals surface area contributed by atoms with E-state index < -0.39 is 0 Å². The summed E-state index contributed by atoms with van der Waals surface area (Å²) in [6.07, 6.45) is 2.46. The summed E-state index contributed by atoms with van der Waals surface area (Å²) in [5.41, 5.74) is 4.19. The Labute approximate surface area is 126 Å². The Morgan fingerprint density at radius 1 is 1.05 bits per heavy atom. The topological polar surface area (TPSA) is 12.0 Å². The van der Waals surface area contributed by atoms with Crippen LogP contribution in [0.3, 0.4) is 0 Å².